The van der Waals surface area contributed by atoms with E-state index in [2.05, 4.69) is 22.6 Å². The zero-order valence-electron chi connectivity index (χ0n) is 10.8. The summed E-state index contributed by atoms with van der Waals surface area (Å²) in [6, 6.07) is 8.00. The fourth-order valence-electron chi connectivity index (χ4n) is 2.11. The third-order valence-electron chi connectivity index (χ3n) is 3.05. The summed E-state index contributed by atoms with van der Waals surface area (Å²) in [5.41, 5.74) is 0.839. The molecule has 1 aliphatic rings. The molecule has 0 saturated carbocycles. The van der Waals surface area contributed by atoms with E-state index in [1.807, 2.05) is 30.5 Å². The molecule has 98 valence electrons. The third-order valence-corrected chi connectivity index (χ3v) is 3.78. The summed E-state index contributed by atoms with van der Waals surface area (Å²) in [5.74, 6) is 0. The van der Waals surface area contributed by atoms with Crippen molar-refractivity contribution in [1.29, 1.82) is 0 Å². The standard InChI is InChI=1S/C13H19N3OS/c1-16-7-6-11(9-16)15-13(17)14-10-4-3-5-12(8-10)18-2/h3-5,8,11H,6-7,9H2,1-2H3,(H2,14,15,17)/t11-/m1/s1. The van der Waals surface area contributed by atoms with E-state index >= 15 is 0 Å². The van der Waals surface area contributed by atoms with Gasteiger partial charge in [0.05, 0.1) is 0 Å². The second kappa shape index (κ2) is 6.11. The van der Waals surface area contributed by atoms with Gasteiger partial charge >= 0.3 is 6.03 Å². The Morgan fingerprint density at radius 1 is 1.50 bits per heavy atom. The van der Waals surface area contributed by atoms with Crippen LogP contribution >= 0.6 is 11.8 Å². The fourth-order valence-corrected chi connectivity index (χ4v) is 2.57. The molecule has 0 aliphatic carbocycles. The second-order valence-corrected chi connectivity index (χ2v) is 5.46. The van der Waals surface area contributed by atoms with Gasteiger partial charge in [0, 0.05) is 23.2 Å². The molecule has 2 amide bonds. The average Bonchev–Trinajstić information content (AvgIpc) is 2.74. The molecule has 0 bridgehead atoms. The number of hydrogen-bond acceptors (Lipinski definition) is 3. The zero-order valence-corrected chi connectivity index (χ0v) is 11.6. The van der Waals surface area contributed by atoms with Crippen LogP contribution in [0, 0.1) is 0 Å². The molecule has 1 aromatic rings. The number of rotatable bonds is 3. The number of benzene rings is 1. The van der Waals surface area contributed by atoms with Crippen molar-refractivity contribution in [2.75, 3.05) is 31.7 Å². The van der Waals surface area contributed by atoms with Crippen molar-refractivity contribution in [3.05, 3.63) is 24.3 Å². The number of carbonyl (C=O) groups excluding carboxylic acids is 1. The molecular weight excluding hydrogens is 246 g/mol. The predicted molar refractivity (Wildman–Crippen MR) is 76.3 cm³/mol. The van der Waals surface area contributed by atoms with Crippen LogP contribution in [0.2, 0.25) is 0 Å². The van der Waals surface area contributed by atoms with Crippen molar-refractivity contribution in [3.63, 3.8) is 0 Å². The van der Waals surface area contributed by atoms with Gasteiger partial charge in [0.25, 0.3) is 0 Å². The van der Waals surface area contributed by atoms with Gasteiger partial charge in [-0.25, -0.2) is 4.79 Å². The van der Waals surface area contributed by atoms with Gasteiger partial charge in [0.1, 0.15) is 0 Å². The highest BCUT2D eigenvalue weighted by Crippen LogP contribution is 2.18. The topological polar surface area (TPSA) is 44.4 Å². The Balaban J connectivity index is 1.86. The molecule has 0 radical (unpaired) electrons. The Labute approximate surface area is 112 Å². The predicted octanol–water partition coefficient (Wildman–Crippen LogP) is 2.23. The normalized spacial score (nSPS) is 19.8. The van der Waals surface area contributed by atoms with Crippen molar-refractivity contribution in [1.82, 2.24) is 10.2 Å². The van der Waals surface area contributed by atoms with Gasteiger partial charge in [-0.3, -0.25) is 0 Å². The Morgan fingerprint density at radius 3 is 3.00 bits per heavy atom. The highest BCUT2D eigenvalue weighted by molar-refractivity contribution is 7.98. The van der Waals surface area contributed by atoms with Crippen molar-refractivity contribution < 1.29 is 4.79 Å². The summed E-state index contributed by atoms with van der Waals surface area (Å²) >= 11 is 1.66. The SMILES string of the molecule is CSc1cccc(NC(=O)N[C@@H]2CCN(C)C2)c1. The third kappa shape index (κ3) is 3.65. The number of carbonyl (C=O) groups is 1. The van der Waals surface area contributed by atoms with Gasteiger partial charge in [-0.1, -0.05) is 6.07 Å². The number of nitrogens with zero attached hydrogens (tertiary/aromatic N) is 1. The highest BCUT2D eigenvalue weighted by Gasteiger charge is 2.20. The van der Waals surface area contributed by atoms with E-state index in [0.29, 0.717) is 0 Å². The number of thioether (sulfide) groups is 1. The lowest BCUT2D eigenvalue weighted by Gasteiger charge is -2.14. The molecule has 5 heteroatoms. The van der Waals surface area contributed by atoms with E-state index in [1.165, 1.54) is 0 Å². The Kier molecular flexibility index (Phi) is 4.49. The number of hydrogen-bond donors (Lipinski definition) is 2. The molecule has 2 N–H and O–H groups in total. The van der Waals surface area contributed by atoms with Crippen molar-refractivity contribution >= 4 is 23.5 Å². The first-order chi connectivity index (χ1) is 8.67. The summed E-state index contributed by atoms with van der Waals surface area (Å²) in [6.07, 6.45) is 3.04. The van der Waals surface area contributed by atoms with E-state index in [1.54, 1.807) is 11.8 Å². The van der Waals surface area contributed by atoms with Crippen LogP contribution in [0.3, 0.4) is 0 Å². The lowest BCUT2D eigenvalue weighted by atomic mass is 10.3. The van der Waals surface area contributed by atoms with Crippen LogP contribution in [-0.2, 0) is 0 Å². The molecule has 1 saturated heterocycles. The van der Waals surface area contributed by atoms with Crippen molar-refractivity contribution in [2.24, 2.45) is 0 Å². The summed E-state index contributed by atoms with van der Waals surface area (Å²) in [4.78, 5) is 15.2. The van der Waals surface area contributed by atoms with E-state index in [0.717, 1.165) is 30.1 Å². The Hall–Kier alpha value is -1.20. The van der Waals surface area contributed by atoms with Crippen LogP contribution < -0.4 is 10.6 Å². The first-order valence-corrected chi connectivity index (χ1v) is 7.30. The minimum absolute atomic E-state index is 0.117. The molecule has 1 atom stereocenters. The second-order valence-electron chi connectivity index (χ2n) is 4.58. The molecule has 0 aromatic heterocycles. The molecule has 0 unspecified atom stereocenters. The smallest absolute Gasteiger partial charge is 0.319 e. The van der Waals surface area contributed by atoms with Gasteiger partial charge in [-0.15, -0.1) is 11.8 Å². The number of anilines is 1. The molecule has 1 aliphatic heterocycles. The highest BCUT2D eigenvalue weighted by atomic mass is 32.2. The monoisotopic (exact) mass is 265 g/mol. The Morgan fingerprint density at radius 2 is 2.33 bits per heavy atom. The number of amides is 2. The minimum atomic E-state index is -0.117. The molecule has 2 rings (SSSR count). The van der Waals surface area contributed by atoms with Crippen LogP contribution in [0.1, 0.15) is 6.42 Å². The fraction of sp³-hybridized carbons (Fsp3) is 0.462. The van der Waals surface area contributed by atoms with Gasteiger partial charge in [0.2, 0.25) is 0 Å². The largest absolute Gasteiger partial charge is 0.334 e. The summed E-state index contributed by atoms with van der Waals surface area (Å²) < 4.78 is 0. The number of likely N-dealkylation sites (tertiary alicyclic amines) is 1. The van der Waals surface area contributed by atoms with E-state index in [9.17, 15) is 4.79 Å². The maximum absolute atomic E-state index is 11.8. The van der Waals surface area contributed by atoms with E-state index in [4.69, 9.17) is 0 Å². The summed E-state index contributed by atoms with van der Waals surface area (Å²) in [7, 11) is 2.07. The minimum Gasteiger partial charge on any atom is -0.334 e. The molecule has 1 aromatic carbocycles. The summed E-state index contributed by atoms with van der Waals surface area (Å²) in [6.45, 7) is 1.98. The van der Waals surface area contributed by atoms with Crippen molar-refractivity contribution in [2.45, 2.75) is 17.4 Å². The molecule has 4 nitrogen and oxygen atoms in total. The number of likely N-dealkylation sites (N-methyl/N-ethyl adjacent to an activating group) is 1. The van der Waals surface area contributed by atoms with E-state index < -0.39 is 0 Å². The lowest BCUT2D eigenvalue weighted by molar-refractivity contribution is 0.248. The summed E-state index contributed by atoms with van der Waals surface area (Å²) in [5, 5.41) is 5.87. The number of urea groups is 1. The van der Waals surface area contributed by atoms with Crippen molar-refractivity contribution in [3.8, 4) is 0 Å². The van der Waals surface area contributed by atoms with Gasteiger partial charge in [0.15, 0.2) is 0 Å². The maximum atomic E-state index is 11.8. The average molecular weight is 265 g/mol. The van der Waals surface area contributed by atoms with Crippen LogP contribution in [0.15, 0.2) is 29.2 Å². The first kappa shape index (κ1) is 13.2. The molecular formula is C13H19N3OS. The van der Waals surface area contributed by atoms with Crippen LogP contribution in [0.25, 0.3) is 0 Å². The molecule has 1 heterocycles. The van der Waals surface area contributed by atoms with Gasteiger partial charge in [-0.2, -0.15) is 0 Å². The first-order valence-electron chi connectivity index (χ1n) is 6.07. The van der Waals surface area contributed by atoms with Crippen LogP contribution in [0.4, 0.5) is 10.5 Å². The molecule has 0 spiro atoms. The number of nitrogens with one attached hydrogen (secondary N) is 2. The lowest BCUT2D eigenvalue weighted by Crippen LogP contribution is -2.39. The van der Waals surface area contributed by atoms with Crippen LogP contribution in [-0.4, -0.2) is 43.4 Å². The van der Waals surface area contributed by atoms with Crippen LogP contribution in [0.5, 0.6) is 0 Å². The zero-order chi connectivity index (χ0) is 13.0. The van der Waals surface area contributed by atoms with E-state index in [-0.39, 0.29) is 12.1 Å². The molecule has 18 heavy (non-hydrogen) atoms. The Bertz CT molecular complexity index is 424. The molecule has 1 fully saturated rings. The van der Waals surface area contributed by atoms with Gasteiger partial charge < -0.3 is 15.5 Å². The maximum Gasteiger partial charge on any atom is 0.319 e. The van der Waals surface area contributed by atoms with Gasteiger partial charge in [-0.05, 0) is 44.5 Å². The quantitative estimate of drug-likeness (QED) is 0.824.